The Kier molecular flexibility index (Phi) is 4.28. The molecule has 0 spiro atoms. The monoisotopic (exact) mass is 314 g/mol. The van der Waals surface area contributed by atoms with Gasteiger partial charge in [0.1, 0.15) is 5.82 Å². The molecule has 2 rings (SSSR count). The number of carboxylic acids is 1. The Balaban J connectivity index is 2.55. The maximum atomic E-state index is 13.9. The fraction of sp³-hybridized carbons (Fsp3) is 0.0714. The van der Waals surface area contributed by atoms with Gasteiger partial charge < -0.3 is 10.2 Å². The van der Waals surface area contributed by atoms with E-state index in [2.05, 4.69) is 0 Å². The highest BCUT2D eigenvalue weighted by Gasteiger charge is 2.18. The van der Waals surface area contributed by atoms with Crippen molar-refractivity contribution in [3.05, 3.63) is 57.8 Å². The maximum absolute atomic E-state index is 13.9. The molecule has 0 heterocycles. The first-order chi connectivity index (χ1) is 9.38. The third kappa shape index (κ3) is 3.10. The molecule has 0 amide bonds. The lowest BCUT2D eigenvalue weighted by molar-refractivity contribution is -0.146. The van der Waals surface area contributed by atoms with Crippen molar-refractivity contribution in [3.8, 4) is 11.1 Å². The molecule has 0 radical (unpaired) electrons. The molecule has 104 valence electrons. The molecule has 1 unspecified atom stereocenters. The van der Waals surface area contributed by atoms with E-state index in [4.69, 9.17) is 28.3 Å². The van der Waals surface area contributed by atoms with Crippen LogP contribution in [0.3, 0.4) is 0 Å². The van der Waals surface area contributed by atoms with Gasteiger partial charge in [-0.05, 0) is 41.5 Å². The van der Waals surface area contributed by atoms with Crippen LogP contribution in [-0.4, -0.2) is 16.2 Å². The summed E-state index contributed by atoms with van der Waals surface area (Å²) < 4.78 is 13.9. The van der Waals surface area contributed by atoms with Crippen molar-refractivity contribution >= 4 is 29.2 Å². The van der Waals surface area contributed by atoms with E-state index >= 15 is 0 Å². The zero-order valence-electron chi connectivity index (χ0n) is 9.98. The van der Waals surface area contributed by atoms with Crippen LogP contribution < -0.4 is 0 Å². The molecular weight excluding hydrogens is 306 g/mol. The van der Waals surface area contributed by atoms with Gasteiger partial charge in [0.15, 0.2) is 6.10 Å². The molecule has 0 aliphatic carbocycles. The summed E-state index contributed by atoms with van der Waals surface area (Å²) in [6.07, 6.45) is -1.72. The van der Waals surface area contributed by atoms with Crippen LogP contribution in [0.25, 0.3) is 11.1 Å². The van der Waals surface area contributed by atoms with Gasteiger partial charge in [0.05, 0.1) is 0 Å². The smallest absolute Gasteiger partial charge is 0.337 e. The Labute approximate surface area is 124 Å². The molecule has 20 heavy (non-hydrogen) atoms. The zero-order chi connectivity index (χ0) is 14.9. The van der Waals surface area contributed by atoms with Crippen molar-refractivity contribution in [2.75, 3.05) is 0 Å². The van der Waals surface area contributed by atoms with E-state index in [9.17, 15) is 14.3 Å². The number of hydrogen-bond acceptors (Lipinski definition) is 2. The minimum atomic E-state index is -1.72. The third-order valence-corrected chi connectivity index (χ3v) is 3.15. The number of halogens is 3. The Morgan fingerprint density at radius 2 is 1.70 bits per heavy atom. The lowest BCUT2D eigenvalue weighted by atomic mass is 10.00. The van der Waals surface area contributed by atoms with Crippen LogP contribution in [0.5, 0.6) is 0 Å². The largest absolute Gasteiger partial charge is 0.479 e. The van der Waals surface area contributed by atoms with Gasteiger partial charge in [0, 0.05) is 15.6 Å². The predicted molar refractivity (Wildman–Crippen MR) is 74.5 cm³/mol. The minimum absolute atomic E-state index is 0.0741. The van der Waals surface area contributed by atoms with E-state index in [1.54, 1.807) is 0 Å². The number of rotatable bonds is 3. The molecule has 1 atom stereocenters. The highest BCUT2D eigenvalue weighted by atomic mass is 35.5. The summed E-state index contributed by atoms with van der Waals surface area (Å²) >= 11 is 11.7. The van der Waals surface area contributed by atoms with E-state index in [0.717, 1.165) is 6.07 Å². The van der Waals surface area contributed by atoms with Gasteiger partial charge in [-0.25, -0.2) is 9.18 Å². The fourth-order valence-electron chi connectivity index (χ4n) is 1.79. The maximum Gasteiger partial charge on any atom is 0.337 e. The standard InChI is InChI=1S/C14H9Cl2FO3/c15-9-3-8(4-10(16)6-9)11-5-7(1-2-12(11)17)13(18)14(19)20/h1-6,13,18H,(H,19,20). The van der Waals surface area contributed by atoms with E-state index in [1.165, 1.54) is 30.3 Å². The molecule has 3 nitrogen and oxygen atoms in total. The van der Waals surface area contributed by atoms with Crippen LogP contribution in [0.4, 0.5) is 4.39 Å². The summed E-state index contributed by atoms with van der Waals surface area (Å²) in [6.45, 7) is 0. The quantitative estimate of drug-likeness (QED) is 0.902. The van der Waals surface area contributed by atoms with Gasteiger partial charge in [-0.1, -0.05) is 29.3 Å². The van der Waals surface area contributed by atoms with Crippen LogP contribution in [0, 0.1) is 5.82 Å². The van der Waals surface area contributed by atoms with Gasteiger partial charge in [0.2, 0.25) is 0 Å². The van der Waals surface area contributed by atoms with Crippen LogP contribution in [-0.2, 0) is 4.79 Å². The van der Waals surface area contributed by atoms with Crippen molar-refractivity contribution < 1.29 is 19.4 Å². The van der Waals surface area contributed by atoms with Crippen LogP contribution in [0.1, 0.15) is 11.7 Å². The van der Waals surface area contributed by atoms with E-state index in [0.29, 0.717) is 15.6 Å². The Morgan fingerprint density at radius 1 is 1.10 bits per heavy atom. The number of aliphatic carboxylic acids is 1. The second kappa shape index (κ2) is 5.79. The number of benzene rings is 2. The van der Waals surface area contributed by atoms with Crippen LogP contribution in [0.2, 0.25) is 10.0 Å². The summed E-state index contributed by atoms with van der Waals surface area (Å²) in [5.41, 5.74) is 0.594. The van der Waals surface area contributed by atoms with Crippen molar-refractivity contribution in [2.45, 2.75) is 6.10 Å². The fourth-order valence-corrected chi connectivity index (χ4v) is 2.31. The average molecular weight is 315 g/mol. The van der Waals surface area contributed by atoms with Gasteiger partial charge in [-0.3, -0.25) is 0 Å². The first kappa shape index (κ1) is 14.8. The molecule has 0 aliphatic heterocycles. The number of carbonyl (C=O) groups is 1. The number of carboxylic acid groups (broad SMARTS) is 1. The second-order valence-electron chi connectivity index (χ2n) is 4.14. The molecule has 0 saturated heterocycles. The Morgan fingerprint density at radius 3 is 2.25 bits per heavy atom. The van der Waals surface area contributed by atoms with Gasteiger partial charge in [-0.15, -0.1) is 0 Å². The highest BCUT2D eigenvalue weighted by molar-refractivity contribution is 6.35. The van der Waals surface area contributed by atoms with Crippen LogP contribution in [0.15, 0.2) is 36.4 Å². The summed E-state index contributed by atoms with van der Waals surface area (Å²) in [5, 5.41) is 18.9. The second-order valence-corrected chi connectivity index (χ2v) is 5.01. The normalized spacial score (nSPS) is 12.2. The summed E-state index contributed by atoms with van der Waals surface area (Å²) in [5.74, 6) is -1.98. The molecular formula is C14H9Cl2FO3. The predicted octanol–water partition coefficient (Wildman–Crippen LogP) is 3.92. The molecule has 0 aliphatic rings. The highest BCUT2D eigenvalue weighted by Crippen LogP contribution is 2.31. The minimum Gasteiger partial charge on any atom is -0.479 e. The van der Waals surface area contributed by atoms with E-state index < -0.39 is 17.9 Å². The molecule has 2 aromatic carbocycles. The first-order valence-electron chi connectivity index (χ1n) is 5.55. The Bertz CT molecular complexity index is 653. The van der Waals surface area contributed by atoms with Crippen molar-refractivity contribution in [1.29, 1.82) is 0 Å². The number of hydrogen-bond donors (Lipinski definition) is 2. The lowest BCUT2D eigenvalue weighted by Crippen LogP contribution is -2.10. The number of aliphatic hydroxyl groups excluding tert-OH is 1. The molecule has 6 heteroatoms. The molecule has 0 bridgehead atoms. The van der Waals surface area contributed by atoms with Gasteiger partial charge in [0.25, 0.3) is 0 Å². The van der Waals surface area contributed by atoms with Crippen LogP contribution >= 0.6 is 23.2 Å². The summed E-state index contributed by atoms with van der Waals surface area (Å²) in [6, 6.07) is 8.07. The van der Waals surface area contributed by atoms with Gasteiger partial charge >= 0.3 is 5.97 Å². The molecule has 0 aromatic heterocycles. The Hall–Kier alpha value is -1.62. The molecule has 2 aromatic rings. The SMILES string of the molecule is O=C(O)C(O)c1ccc(F)c(-c2cc(Cl)cc(Cl)c2)c1. The lowest BCUT2D eigenvalue weighted by Gasteiger charge is -2.10. The zero-order valence-corrected chi connectivity index (χ0v) is 11.5. The van der Waals surface area contributed by atoms with E-state index in [1.807, 2.05) is 0 Å². The summed E-state index contributed by atoms with van der Waals surface area (Å²) in [4.78, 5) is 10.8. The molecule has 0 saturated carbocycles. The molecule has 2 N–H and O–H groups in total. The van der Waals surface area contributed by atoms with Crippen molar-refractivity contribution in [1.82, 2.24) is 0 Å². The topological polar surface area (TPSA) is 57.5 Å². The van der Waals surface area contributed by atoms with Crippen molar-refractivity contribution in [3.63, 3.8) is 0 Å². The van der Waals surface area contributed by atoms with E-state index in [-0.39, 0.29) is 11.1 Å². The average Bonchev–Trinajstić information content (AvgIpc) is 2.37. The first-order valence-corrected chi connectivity index (χ1v) is 6.31. The third-order valence-electron chi connectivity index (χ3n) is 2.71. The molecule has 0 fully saturated rings. The van der Waals surface area contributed by atoms with Gasteiger partial charge in [-0.2, -0.15) is 0 Å². The van der Waals surface area contributed by atoms with Crippen molar-refractivity contribution in [2.24, 2.45) is 0 Å². The summed E-state index contributed by atoms with van der Waals surface area (Å²) in [7, 11) is 0. The number of aliphatic hydroxyl groups is 1.